The van der Waals surface area contributed by atoms with Crippen LogP contribution in [0.5, 0.6) is 0 Å². The van der Waals surface area contributed by atoms with Gasteiger partial charge in [0, 0.05) is 0 Å². The van der Waals surface area contributed by atoms with Crippen molar-refractivity contribution >= 4 is 17.0 Å². The van der Waals surface area contributed by atoms with E-state index < -0.39 is 0 Å². The van der Waals surface area contributed by atoms with Crippen LogP contribution in [0.3, 0.4) is 0 Å². The summed E-state index contributed by atoms with van der Waals surface area (Å²) in [5.74, 6) is 0.433. The maximum atomic E-state index is 5.48. The Hall–Kier alpha value is -1.65. The first-order valence-electron chi connectivity index (χ1n) is 2.77. The van der Waals surface area contributed by atoms with Crippen LogP contribution in [-0.4, -0.2) is 19.9 Å². The normalized spacial score (nSPS) is 10.4. The lowest BCUT2D eigenvalue weighted by Crippen LogP contribution is -1.91. The minimum absolute atomic E-state index is 0.433. The van der Waals surface area contributed by atoms with Gasteiger partial charge in [0.05, 0.1) is 6.33 Å². The van der Waals surface area contributed by atoms with Crippen LogP contribution in [0.25, 0.3) is 11.2 Å². The molecule has 2 rings (SSSR count). The second-order valence-corrected chi connectivity index (χ2v) is 1.86. The number of anilines is 1. The Labute approximate surface area is 56.3 Å². The van der Waals surface area contributed by atoms with E-state index in [-0.39, 0.29) is 0 Å². The summed E-state index contributed by atoms with van der Waals surface area (Å²) in [4.78, 5) is 14.4. The third-order valence-electron chi connectivity index (χ3n) is 1.25. The van der Waals surface area contributed by atoms with Crippen molar-refractivity contribution in [2.45, 2.75) is 0 Å². The smallest absolute Gasteiger partial charge is 0.182 e. The zero-order valence-corrected chi connectivity index (χ0v) is 5.07. The number of nitrogens with zero attached hydrogens (tertiary/aromatic N) is 3. The van der Waals surface area contributed by atoms with Gasteiger partial charge < -0.3 is 10.7 Å². The summed E-state index contributed by atoms with van der Waals surface area (Å²) >= 11 is 0. The Morgan fingerprint density at radius 3 is 3.00 bits per heavy atom. The van der Waals surface area contributed by atoms with Crippen LogP contribution in [-0.2, 0) is 0 Å². The van der Waals surface area contributed by atoms with Gasteiger partial charge in [-0.05, 0) is 0 Å². The van der Waals surface area contributed by atoms with Gasteiger partial charge in [0.25, 0.3) is 0 Å². The van der Waals surface area contributed by atoms with Crippen molar-refractivity contribution in [2.24, 2.45) is 0 Å². The summed E-state index contributed by atoms with van der Waals surface area (Å²) in [6, 6.07) is 0. The van der Waals surface area contributed by atoms with Gasteiger partial charge in [0.1, 0.15) is 11.8 Å². The molecule has 2 aromatic heterocycles. The average molecular weight is 137 g/mol. The molecule has 0 atom stereocenters. The lowest BCUT2D eigenvalue weighted by Gasteiger charge is -1.89. The second-order valence-electron chi connectivity index (χ2n) is 1.86. The Kier molecular flexibility index (Phi) is 0.858. The zero-order chi connectivity index (χ0) is 6.97. The van der Waals surface area contributed by atoms with E-state index in [4.69, 9.17) is 5.73 Å². The van der Waals surface area contributed by atoms with E-state index in [9.17, 15) is 0 Å². The summed E-state index contributed by atoms with van der Waals surface area (Å²) in [5.41, 5.74) is 6.78. The molecule has 5 heteroatoms. The number of aromatic amines is 1. The number of aromatic nitrogens is 4. The van der Waals surface area contributed by atoms with E-state index in [1.54, 1.807) is 0 Å². The van der Waals surface area contributed by atoms with Crippen LogP contribution in [0.15, 0.2) is 12.7 Å². The van der Waals surface area contributed by atoms with Crippen molar-refractivity contribution in [2.75, 3.05) is 5.73 Å². The Morgan fingerprint density at radius 2 is 2.20 bits per heavy atom. The van der Waals surface area contributed by atoms with Crippen LogP contribution >= 0.6 is 0 Å². The third-order valence-corrected chi connectivity index (χ3v) is 1.25. The lowest BCUT2D eigenvalue weighted by molar-refractivity contribution is 1.21. The topological polar surface area (TPSA) is 80.5 Å². The minimum Gasteiger partial charge on any atom is -0.382 e. The lowest BCUT2D eigenvalue weighted by atomic mass is 10.5. The number of rotatable bonds is 0. The molecule has 0 aliphatic carbocycles. The molecule has 0 spiro atoms. The first-order chi connectivity index (χ1) is 4.88. The predicted molar refractivity (Wildman–Crippen MR) is 36.1 cm³/mol. The number of nitrogen functional groups attached to an aromatic ring is 1. The molecule has 0 saturated heterocycles. The highest BCUT2D eigenvalue weighted by atomic mass is 15.5. The highest BCUT2D eigenvalue weighted by Gasteiger charge is 1.99. The molecule has 0 radical (unpaired) electrons. The first kappa shape index (κ1) is 5.16. The van der Waals surface area contributed by atoms with Gasteiger partial charge in [-0.3, -0.25) is 0 Å². The standard InChI is InChI=1S/C5H5N5/c6-4-3-5(9-1-7-3)10-2-8-4/h1-2H,(H3,6,7,8,9,10)/i6+1,8+0,10+1. The van der Waals surface area contributed by atoms with Gasteiger partial charge in [0.2, 0.25) is 0 Å². The second kappa shape index (κ2) is 1.66. The molecule has 3 N–H and O–H groups in total. The SMILES string of the molecule is [15NH2]c1[14n]c[15n]c2nc[nH]c12. The van der Waals surface area contributed by atoms with Gasteiger partial charge in [-0.1, -0.05) is 0 Å². The van der Waals surface area contributed by atoms with E-state index in [2.05, 4.69) is 19.9 Å². The molecular formula is C5H5N5. The summed E-state index contributed by atoms with van der Waals surface area (Å²) in [7, 11) is 0. The minimum atomic E-state index is 0.433. The summed E-state index contributed by atoms with van der Waals surface area (Å²) in [5, 5.41) is 0. The van der Waals surface area contributed by atoms with Gasteiger partial charge in [0.15, 0.2) is 11.5 Å². The van der Waals surface area contributed by atoms with Crippen molar-refractivity contribution < 1.29 is 0 Å². The van der Waals surface area contributed by atoms with E-state index in [1.165, 1.54) is 12.7 Å². The molecule has 0 aliphatic heterocycles. The molecule has 5 nitrogen and oxygen atoms in total. The number of hydrogen-bond donors (Lipinski definition) is 2. The van der Waals surface area contributed by atoms with Gasteiger partial charge >= 0.3 is 0 Å². The summed E-state index contributed by atoms with van der Waals surface area (Å²) < 4.78 is 0. The van der Waals surface area contributed by atoms with Crippen molar-refractivity contribution in [3.8, 4) is 0 Å². The van der Waals surface area contributed by atoms with Crippen LogP contribution < -0.4 is 5.73 Å². The van der Waals surface area contributed by atoms with E-state index in [0.717, 1.165) is 0 Å². The summed E-state index contributed by atoms with van der Waals surface area (Å²) in [6.07, 6.45) is 2.92. The van der Waals surface area contributed by atoms with Crippen LogP contribution in [0, 0.1) is 0 Å². The largest absolute Gasteiger partial charge is 0.382 e. The molecule has 10 heavy (non-hydrogen) atoms. The number of imidazole rings is 1. The summed E-state index contributed by atoms with van der Waals surface area (Å²) in [6.45, 7) is 0. The fourth-order valence-corrected chi connectivity index (χ4v) is 0.784. The molecule has 0 fully saturated rings. The third kappa shape index (κ3) is 0.540. The Bertz CT molecular complexity index is 352. The number of nitrogens with one attached hydrogen (secondary N) is 1. The van der Waals surface area contributed by atoms with Crippen molar-refractivity contribution in [1.29, 1.82) is 0 Å². The van der Waals surface area contributed by atoms with Gasteiger partial charge in [-0.15, -0.1) is 0 Å². The Balaban J connectivity index is 2.95. The molecule has 0 saturated carbocycles. The van der Waals surface area contributed by atoms with E-state index >= 15 is 0 Å². The van der Waals surface area contributed by atoms with Crippen LogP contribution in [0.2, 0.25) is 0 Å². The average Bonchev–Trinajstić information content (AvgIpc) is 2.36. The van der Waals surface area contributed by atoms with Crippen molar-refractivity contribution in [3.63, 3.8) is 0 Å². The van der Waals surface area contributed by atoms with Crippen molar-refractivity contribution in [3.05, 3.63) is 12.7 Å². The predicted octanol–water partition coefficient (Wildman–Crippen LogP) is -0.0649. The monoisotopic (exact) mass is 137 g/mol. The fraction of sp³-hybridized carbons (Fsp3) is 0. The fourth-order valence-electron chi connectivity index (χ4n) is 0.784. The first-order valence-corrected chi connectivity index (χ1v) is 2.77. The molecule has 2 heterocycles. The maximum absolute atomic E-state index is 5.48. The molecule has 0 aliphatic rings. The number of H-pyrrole nitrogens is 1. The highest BCUT2D eigenvalue weighted by Crippen LogP contribution is 2.09. The molecular weight excluding hydrogens is 132 g/mol. The maximum Gasteiger partial charge on any atom is 0.182 e. The molecule has 0 amide bonds. The molecule has 2 aromatic rings. The van der Waals surface area contributed by atoms with E-state index in [0.29, 0.717) is 17.0 Å². The van der Waals surface area contributed by atoms with Gasteiger partial charge in [-0.2, -0.15) is 0 Å². The quantitative estimate of drug-likeness (QED) is 0.498. The number of nitrogens with two attached hydrogens (primary N) is 1. The van der Waals surface area contributed by atoms with Crippen LogP contribution in [0.4, 0.5) is 5.82 Å². The van der Waals surface area contributed by atoms with Gasteiger partial charge in [-0.25, -0.2) is 15.0 Å². The van der Waals surface area contributed by atoms with E-state index in [1.807, 2.05) is 0 Å². The Morgan fingerprint density at radius 1 is 1.30 bits per heavy atom. The molecule has 0 bridgehead atoms. The number of fused-ring (bicyclic) bond motifs is 1. The number of hydrogen-bond acceptors (Lipinski definition) is 4. The zero-order valence-electron chi connectivity index (χ0n) is 5.07. The molecule has 50 valence electrons. The van der Waals surface area contributed by atoms with Crippen molar-refractivity contribution in [1.82, 2.24) is 19.9 Å². The van der Waals surface area contributed by atoms with Crippen LogP contribution in [0.1, 0.15) is 0 Å². The molecule has 0 aromatic carbocycles. The molecule has 0 unspecified atom stereocenters. The highest BCUT2D eigenvalue weighted by molar-refractivity contribution is 5.80.